The van der Waals surface area contributed by atoms with Crippen molar-refractivity contribution in [2.75, 3.05) is 0 Å². The van der Waals surface area contributed by atoms with Crippen molar-refractivity contribution in [3.05, 3.63) is 133 Å². The van der Waals surface area contributed by atoms with E-state index in [1.807, 2.05) is 43.4 Å². The van der Waals surface area contributed by atoms with Gasteiger partial charge in [-0.25, -0.2) is 0 Å². The Hall–Kier alpha value is -3.06. The molecule has 25 heavy (non-hydrogen) atoms. The molecule has 0 bridgehead atoms. The van der Waals surface area contributed by atoms with E-state index in [2.05, 4.69) is 67.5 Å². The number of rotatable bonds is 7. The number of hydrogen-bond acceptors (Lipinski definition) is 1. The molecule has 1 nitrogen and oxygen atoms in total. The first-order valence-corrected chi connectivity index (χ1v) is 8.39. The first-order chi connectivity index (χ1) is 12.2. The van der Waals surface area contributed by atoms with E-state index in [1.54, 1.807) is 6.08 Å². The fraction of sp³-hybridized carbons (Fsp3) is 0.0833. The minimum atomic E-state index is 0.0860. The Bertz CT molecular complexity index is 783. The van der Waals surface area contributed by atoms with Crippen molar-refractivity contribution in [3.63, 3.8) is 0 Å². The molecule has 0 radical (unpaired) electrons. The van der Waals surface area contributed by atoms with Gasteiger partial charge in [0, 0.05) is 5.70 Å². The largest absolute Gasteiger partial charge is 0.374 e. The summed E-state index contributed by atoms with van der Waals surface area (Å²) in [6, 6.07) is 10.5. The van der Waals surface area contributed by atoms with Crippen molar-refractivity contribution in [2.24, 2.45) is 0 Å². The van der Waals surface area contributed by atoms with E-state index < -0.39 is 0 Å². The zero-order valence-corrected chi connectivity index (χ0v) is 14.8. The lowest BCUT2D eigenvalue weighted by Crippen LogP contribution is -2.23. The molecule has 1 heterocycles. The lowest BCUT2D eigenvalue weighted by molar-refractivity contribution is 0.708. The monoisotopic (exact) mass is 327 g/mol. The van der Waals surface area contributed by atoms with E-state index in [1.165, 1.54) is 5.56 Å². The Labute approximate surface area is 151 Å². The van der Waals surface area contributed by atoms with Crippen molar-refractivity contribution < 1.29 is 0 Å². The third-order valence-corrected chi connectivity index (χ3v) is 3.92. The van der Waals surface area contributed by atoms with Crippen LogP contribution < -0.4 is 5.32 Å². The van der Waals surface area contributed by atoms with E-state index >= 15 is 0 Å². The van der Waals surface area contributed by atoms with Crippen LogP contribution in [0.3, 0.4) is 0 Å². The Morgan fingerprint density at radius 2 is 1.68 bits per heavy atom. The first-order valence-electron chi connectivity index (χ1n) is 8.39. The highest BCUT2D eigenvalue weighted by Gasteiger charge is 2.18. The molecule has 2 rings (SSSR count). The van der Waals surface area contributed by atoms with Gasteiger partial charge < -0.3 is 5.32 Å². The van der Waals surface area contributed by atoms with Gasteiger partial charge >= 0.3 is 0 Å². The molecule has 1 aromatic rings. The highest BCUT2D eigenvalue weighted by Crippen LogP contribution is 2.29. The Morgan fingerprint density at radius 3 is 2.28 bits per heavy atom. The number of nitrogens with one attached hydrogen (secondary N) is 1. The van der Waals surface area contributed by atoms with Crippen molar-refractivity contribution in [1.29, 1.82) is 0 Å². The average molecular weight is 327 g/mol. The summed E-state index contributed by atoms with van der Waals surface area (Å²) in [6.07, 6.45) is 17.9. The highest BCUT2D eigenvalue weighted by atomic mass is 14.9. The van der Waals surface area contributed by atoms with Gasteiger partial charge in [-0.15, -0.1) is 0 Å². The summed E-state index contributed by atoms with van der Waals surface area (Å²) >= 11 is 0. The molecule has 126 valence electrons. The molecule has 1 aromatic carbocycles. The predicted octanol–water partition coefficient (Wildman–Crippen LogP) is 6.13. The fourth-order valence-electron chi connectivity index (χ4n) is 2.77. The molecule has 1 atom stereocenters. The van der Waals surface area contributed by atoms with Crippen molar-refractivity contribution >= 4 is 0 Å². The van der Waals surface area contributed by atoms with Gasteiger partial charge in [-0.3, -0.25) is 0 Å². The van der Waals surface area contributed by atoms with Gasteiger partial charge in [0.15, 0.2) is 0 Å². The van der Waals surface area contributed by atoms with Crippen LogP contribution in [-0.2, 0) is 0 Å². The Kier molecular flexibility index (Phi) is 6.79. The van der Waals surface area contributed by atoms with Crippen LogP contribution in [0.25, 0.3) is 0 Å². The molecule has 0 saturated heterocycles. The summed E-state index contributed by atoms with van der Waals surface area (Å²) in [7, 11) is 0. The van der Waals surface area contributed by atoms with Gasteiger partial charge in [-0.1, -0.05) is 92.6 Å². The summed E-state index contributed by atoms with van der Waals surface area (Å²) in [4.78, 5) is 0. The summed E-state index contributed by atoms with van der Waals surface area (Å²) in [5, 5.41) is 3.59. The number of allylic oxidation sites excluding steroid dienone is 10. The maximum atomic E-state index is 3.93. The van der Waals surface area contributed by atoms with Crippen LogP contribution in [0.15, 0.2) is 127 Å². The second kappa shape index (κ2) is 9.29. The van der Waals surface area contributed by atoms with E-state index in [0.29, 0.717) is 0 Å². The highest BCUT2D eigenvalue weighted by molar-refractivity contribution is 5.56. The Morgan fingerprint density at radius 1 is 1.00 bits per heavy atom. The SMILES string of the molecule is C=C/C=C(\C=C)C1=CC(C(/C=C\C)=C/C=C)=CC(c2ccccc2)N1. The second-order valence-electron chi connectivity index (χ2n) is 5.63. The average Bonchev–Trinajstić information content (AvgIpc) is 2.66. The lowest BCUT2D eigenvalue weighted by Gasteiger charge is -2.26. The molecule has 0 saturated carbocycles. The van der Waals surface area contributed by atoms with E-state index in [4.69, 9.17) is 0 Å². The number of hydrogen-bond donors (Lipinski definition) is 1. The van der Waals surface area contributed by atoms with E-state index in [-0.39, 0.29) is 6.04 Å². The van der Waals surface area contributed by atoms with Crippen LogP contribution in [-0.4, -0.2) is 0 Å². The molecule has 0 amide bonds. The van der Waals surface area contributed by atoms with Crippen molar-refractivity contribution in [2.45, 2.75) is 13.0 Å². The van der Waals surface area contributed by atoms with Gasteiger partial charge in [0.2, 0.25) is 0 Å². The summed E-state index contributed by atoms with van der Waals surface area (Å²) < 4.78 is 0. The van der Waals surface area contributed by atoms with Crippen LogP contribution in [0.5, 0.6) is 0 Å². The van der Waals surface area contributed by atoms with Gasteiger partial charge in [0.05, 0.1) is 6.04 Å². The standard InChI is InChI=1S/C24H25N/c1-5-12-19(8-4)23-17-22(20(13-6-2)14-7-3)18-24(25-23)21-15-10-9-11-16-21/h5-18,24-25H,1-2,4H2,3H3/b14-7-,19-12+,20-13+. The zero-order valence-electron chi connectivity index (χ0n) is 14.8. The van der Waals surface area contributed by atoms with Crippen LogP contribution in [0.1, 0.15) is 18.5 Å². The molecule has 1 heteroatoms. The number of benzene rings is 1. The Balaban J connectivity index is 2.56. The zero-order chi connectivity index (χ0) is 18.1. The predicted molar refractivity (Wildman–Crippen MR) is 110 cm³/mol. The molecular formula is C24H25N. The molecule has 1 unspecified atom stereocenters. The minimum Gasteiger partial charge on any atom is -0.374 e. The van der Waals surface area contributed by atoms with Crippen LogP contribution in [0.2, 0.25) is 0 Å². The molecule has 0 fully saturated rings. The molecule has 0 aliphatic carbocycles. The van der Waals surface area contributed by atoms with Crippen LogP contribution >= 0.6 is 0 Å². The third-order valence-electron chi connectivity index (χ3n) is 3.92. The van der Waals surface area contributed by atoms with Crippen molar-refractivity contribution in [3.8, 4) is 0 Å². The van der Waals surface area contributed by atoms with E-state index in [0.717, 1.165) is 22.4 Å². The lowest BCUT2D eigenvalue weighted by atomic mass is 9.92. The number of dihydropyridines is 1. The molecule has 0 spiro atoms. The van der Waals surface area contributed by atoms with Gasteiger partial charge in [-0.05, 0) is 41.4 Å². The summed E-state index contributed by atoms with van der Waals surface area (Å²) in [5.74, 6) is 0. The van der Waals surface area contributed by atoms with E-state index in [9.17, 15) is 0 Å². The molecule has 1 N–H and O–H groups in total. The first kappa shape index (κ1) is 18.3. The smallest absolute Gasteiger partial charge is 0.0707 e. The molecule has 1 aliphatic rings. The van der Waals surface area contributed by atoms with Gasteiger partial charge in [0.25, 0.3) is 0 Å². The topological polar surface area (TPSA) is 12.0 Å². The van der Waals surface area contributed by atoms with Crippen LogP contribution in [0, 0.1) is 0 Å². The van der Waals surface area contributed by atoms with Crippen molar-refractivity contribution in [1.82, 2.24) is 5.32 Å². The summed E-state index contributed by atoms with van der Waals surface area (Å²) in [5.41, 5.74) is 5.53. The molecule has 0 aromatic heterocycles. The normalized spacial score (nSPS) is 18.2. The quantitative estimate of drug-likeness (QED) is 0.594. The third kappa shape index (κ3) is 4.71. The van der Waals surface area contributed by atoms with Gasteiger partial charge in [-0.2, -0.15) is 0 Å². The minimum absolute atomic E-state index is 0.0860. The van der Waals surface area contributed by atoms with Gasteiger partial charge in [0.1, 0.15) is 0 Å². The molecular weight excluding hydrogens is 302 g/mol. The maximum Gasteiger partial charge on any atom is 0.0707 e. The maximum absolute atomic E-state index is 3.93. The fourth-order valence-corrected chi connectivity index (χ4v) is 2.77. The van der Waals surface area contributed by atoms with Crippen LogP contribution in [0.4, 0.5) is 0 Å². The second-order valence-corrected chi connectivity index (χ2v) is 5.63. The molecule has 1 aliphatic heterocycles. The summed E-state index contributed by atoms with van der Waals surface area (Å²) in [6.45, 7) is 13.6.